The Morgan fingerprint density at radius 3 is 2.38 bits per heavy atom. The van der Waals surface area contributed by atoms with E-state index >= 15 is 0 Å². The minimum atomic E-state index is -0.00962. The Kier molecular flexibility index (Phi) is 3.95. The van der Waals surface area contributed by atoms with Crippen molar-refractivity contribution in [2.45, 2.75) is 40.0 Å². The number of methoxy groups -OCH3 is 1. The van der Waals surface area contributed by atoms with Gasteiger partial charge in [0.25, 0.3) is 0 Å². The SMILES string of the molecule is CCC(C#N)c1c(C)cc(OC)c(C)c1C. The summed E-state index contributed by atoms with van der Waals surface area (Å²) in [5, 5.41) is 9.16. The highest BCUT2D eigenvalue weighted by molar-refractivity contribution is 5.50. The minimum absolute atomic E-state index is 0.00962. The molecule has 0 radical (unpaired) electrons. The first-order valence-corrected chi connectivity index (χ1v) is 5.61. The van der Waals surface area contributed by atoms with Crippen LogP contribution in [0.1, 0.15) is 41.5 Å². The Bertz CT molecular complexity index is 429. The van der Waals surface area contributed by atoms with Gasteiger partial charge in [0.15, 0.2) is 0 Å². The quantitative estimate of drug-likeness (QED) is 0.774. The van der Waals surface area contributed by atoms with Gasteiger partial charge in [-0.25, -0.2) is 0 Å². The molecule has 1 aromatic rings. The van der Waals surface area contributed by atoms with Crippen molar-refractivity contribution < 1.29 is 4.74 Å². The molecule has 0 aliphatic rings. The zero-order valence-corrected chi connectivity index (χ0v) is 10.7. The smallest absolute Gasteiger partial charge is 0.122 e. The molecule has 0 spiro atoms. The van der Waals surface area contributed by atoms with Crippen LogP contribution in [0.25, 0.3) is 0 Å². The van der Waals surface area contributed by atoms with Crippen molar-refractivity contribution >= 4 is 0 Å². The topological polar surface area (TPSA) is 33.0 Å². The summed E-state index contributed by atoms with van der Waals surface area (Å²) < 4.78 is 5.33. The fourth-order valence-electron chi connectivity index (χ4n) is 2.17. The fourth-order valence-corrected chi connectivity index (χ4v) is 2.17. The number of nitriles is 1. The minimum Gasteiger partial charge on any atom is -0.496 e. The van der Waals surface area contributed by atoms with Crippen LogP contribution in [0.2, 0.25) is 0 Å². The van der Waals surface area contributed by atoms with Gasteiger partial charge in [-0.15, -0.1) is 0 Å². The highest BCUT2D eigenvalue weighted by atomic mass is 16.5. The molecule has 0 heterocycles. The highest BCUT2D eigenvalue weighted by Crippen LogP contribution is 2.33. The van der Waals surface area contributed by atoms with Gasteiger partial charge in [0.2, 0.25) is 0 Å². The summed E-state index contributed by atoms with van der Waals surface area (Å²) in [6.07, 6.45) is 0.851. The van der Waals surface area contributed by atoms with E-state index in [4.69, 9.17) is 10.00 Å². The van der Waals surface area contributed by atoms with Crippen LogP contribution >= 0.6 is 0 Å². The van der Waals surface area contributed by atoms with Crippen LogP contribution in [0.3, 0.4) is 0 Å². The van der Waals surface area contributed by atoms with E-state index in [0.29, 0.717) is 0 Å². The predicted octanol–water partition coefficient (Wildman–Crippen LogP) is 3.64. The molecule has 0 aromatic heterocycles. The lowest BCUT2D eigenvalue weighted by molar-refractivity contribution is 0.410. The van der Waals surface area contributed by atoms with Crippen molar-refractivity contribution in [1.29, 1.82) is 5.26 Å². The Morgan fingerprint density at radius 2 is 1.94 bits per heavy atom. The van der Waals surface area contributed by atoms with Crippen LogP contribution in [-0.2, 0) is 0 Å². The third kappa shape index (κ3) is 2.04. The molecular formula is C14H19NO. The first-order valence-electron chi connectivity index (χ1n) is 5.61. The van der Waals surface area contributed by atoms with Crippen molar-refractivity contribution in [2.75, 3.05) is 7.11 Å². The highest BCUT2D eigenvalue weighted by Gasteiger charge is 2.17. The maximum absolute atomic E-state index is 9.16. The number of rotatable bonds is 3. The number of nitrogens with zero attached hydrogens (tertiary/aromatic N) is 1. The fraction of sp³-hybridized carbons (Fsp3) is 0.500. The molecule has 1 unspecified atom stereocenters. The number of aryl methyl sites for hydroxylation is 1. The third-order valence-corrected chi connectivity index (χ3v) is 3.24. The van der Waals surface area contributed by atoms with Gasteiger partial charge in [0.05, 0.1) is 19.1 Å². The van der Waals surface area contributed by atoms with Crippen LogP contribution in [0, 0.1) is 32.1 Å². The molecule has 0 saturated carbocycles. The summed E-state index contributed by atoms with van der Waals surface area (Å²) in [6.45, 7) is 8.21. The Morgan fingerprint density at radius 1 is 1.31 bits per heavy atom. The molecule has 0 N–H and O–H groups in total. The lowest BCUT2D eigenvalue weighted by Gasteiger charge is -2.18. The second-order valence-electron chi connectivity index (χ2n) is 4.15. The second kappa shape index (κ2) is 5.03. The third-order valence-electron chi connectivity index (χ3n) is 3.24. The van der Waals surface area contributed by atoms with Gasteiger partial charge in [-0.2, -0.15) is 5.26 Å². The standard InChI is InChI=1S/C14H19NO/c1-6-12(8-15)14-9(2)7-13(16-5)10(3)11(14)4/h7,12H,6H2,1-5H3. The molecule has 0 amide bonds. The number of ether oxygens (including phenoxy) is 1. The summed E-state index contributed by atoms with van der Waals surface area (Å²) in [4.78, 5) is 0. The predicted molar refractivity (Wildman–Crippen MR) is 65.9 cm³/mol. The molecule has 0 bridgehead atoms. The van der Waals surface area contributed by atoms with Crippen LogP contribution in [0.15, 0.2) is 6.07 Å². The second-order valence-corrected chi connectivity index (χ2v) is 4.15. The van der Waals surface area contributed by atoms with Gasteiger partial charge in [0.1, 0.15) is 5.75 Å². The average Bonchev–Trinajstić information content (AvgIpc) is 2.29. The van der Waals surface area contributed by atoms with Crippen molar-refractivity contribution in [2.24, 2.45) is 0 Å². The summed E-state index contributed by atoms with van der Waals surface area (Å²) in [6, 6.07) is 4.40. The van der Waals surface area contributed by atoms with Gasteiger partial charge in [0, 0.05) is 0 Å². The van der Waals surface area contributed by atoms with Gasteiger partial charge in [-0.05, 0) is 55.5 Å². The summed E-state index contributed by atoms with van der Waals surface area (Å²) in [5.41, 5.74) is 4.64. The zero-order chi connectivity index (χ0) is 12.3. The van der Waals surface area contributed by atoms with Crippen LogP contribution in [0.5, 0.6) is 5.75 Å². The molecule has 86 valence electrons. The molecule has 0 saturated heterocycles. The normalized spacial score (nSPS) is 12.0. The van der Waals surface area contributed by atoms with E-state index in [-0.39, 0.29) is 5.92 Å². The molecule has 1 aromatic carbocycles. The largest absolute Gasteiger partial charge is 0.496 e. The van der Waals surface area contributed by atoms with E-state index in [1.54, 1.807) is 7.11 Å². The molecule has 1 rings (SSSR count). The average molecular weight is 217 g/mol. The monoisotopic (exact) mass is 217 g/mol. The Balaban J connectivity index is 3.42. The molecule has 0 fully saturated rings. The number of hydrogen-bond donors (Lipinski definition) is 0. The first kappa shape index (κ1) is 12.6. The van der Waals surface area contributed by atoms with Crippen molar-refractivity contribution in [3.8, 4) is 11.8 Å². The molecule has 16 heavy (non-hydrogen) atoms. The van der Waals surface area contributed by atoms with Crippen LogP contribution < -0.4 is 4.74 Å². The molecule has 2 heteroatoms. The van der Waals surface area contributed by atoms with E-state index in [1.165, 1.54) is 11.1 Å². The van der Waals surface area contributed by atoms with E-state index in [1.807, 2.05) is 26.8 Å². The summed E-state index contributed by atoms with van der Waals surface area (Å²) in [5.74, 6) is 0.899. The van der Waals surface area contributed by atoms with Gasteiger partial charge in [-0.3, -0.25) is 0 Å². The lowest BCUT2D eigenvalue weighted by Crippen LogP contribution is -2.04. The van der Waals surface area contributed by atoms with Gasteiger partial charge >= 0.3 is 0 Å². The maximum Gasteiger partial charge on any atom is 0.122 e. The van der Waals surface area contributed by atoms with Crippen molar-refractivity contribution in [3.05, 3.63) is 28.3 Å². The van der Waals surface area contributed by atoms with Gasteiger partial charge in [-0.1, -0.05) is 6.92 Å². The Labute approximate surface area is 97.9 Å². The van der Waals surface area contributed by atoms with Crippen LogP contribution in [-0.4, -0.2) is 7.11 Å². The zero-order valence-electron chi connectivity index (χ0n) is 10.7. The number of hydrogen-bond acceptors (Lipinski definition) is 2. The Hall–Kier alpha value is -1.49. The maximum atomic E-state index is 9.16. The summed E-state index contributed by atoms with van der Waals surface area (Å²) >= 11 is 0. The van der Waals surface area contributed by atoms with E-state index in [9.17, 15) is 0 Å². The molecular weight excluding hydrogens is 198 g/mol. The van der Waals surface area contributed by atoms with Crippen molar-refractivity contribution in [1.82, 2.24) is 0 Å². The lowest BCUT2D eigenvalue weighted by atomic mass is 9.87. The molecule has 0 aliphatic carbocycles. The molecule has 1 atom stereocenters. The van der Waals surface area contributed by atoms with Crippen LogP contribution in [0.4, 0.5) is 0 Å². The summed E-state index contributed by atoms with van der Waals surface area (Å²) in [7, 11) is 1.68. The van der Waals surface area contributed by atoms with E-state index in [0.717, 1.165) is 23.3 Å². The first-order chi connectivity index (χ1) is 7.56. The van der Waals surface area contributed by atoms with E-state index in [2.05, 4.69) is 13.0 Å². The van der Waals surface area contributed by atoms with Crippen molar-refractivity contribution in [3.63, 3.8) is 0 Å². The van der Waals surface area contributed by atoms with Gasteiger partial charge < -0.3 is 4.74 Å². The van der Waals surface area contributed by atoms with E-state index < -0.39 is 0 Å². The molecule has 0 aliphatic heterocycles. The number of benzene rings is 1. The molecule has 2 nitrogen and oxygen atoms in total.